The molecule has 0 aliphatic carbocycles. The van der Waals surface area contributed by atoms with Crippen molar-refractivity contribution in [3.05, 3.63) is 70.6 Å². The molecule has 4 rings (SSSR count). The van der Waals surface area contributed by atoms with Crippen molar-refractivity contribution >= 4 is 21.4 Å². The third-order valence-corrected chi connectivity index (χ3v) is 9.23. The summed E-state index contributed by atoms with van der Waals surface area (Å²) in [7, 11) is 0. The van der Waals surface area contributed by atoms with Gasteiger partial charge in [0.2, 0.25) is 0 Å². The van der Waals surface area contributed by atoms with E-state index in [0.717, 1.165) is 70.0 Å². The first-order valence-electron chi connectivity index (χ1n) is 16.8. The number of ether oxygens (including phenoxy) is 5. The Hall–Kier alpha value is -1.80. The first-order chi connectivity index (χ1) is 21.2. The average Bonchev–Trinajstić information content (AvgIpc) is 3.43. The summed E-state index contributed by atoms with van der Waals surface area (Å²) in [6.07, 6.45) is 8.06. The van der Waals surface area contributed by atoms with Gasteiger partial charge in [-0.2, -0.15) is 0 Å². The minimum absolute atomic E-state index is 0.231. The smallest absolute Gasteiger partial charge is 0.117 e. The molecule has 3 unspecified atom stereocenters. The molecule has 5 nitrogen and oxygen atoms in total. The third-order valence-electron chi connectivity index (χ3n) is 8.12. The lowest BCUT2D eigenvalue weighted by Gasteiger charge is -2.46. The van der Waals surface area contributed by atoms with Gasteiger partial charge in [-0.05, 0) is 54.3 Å². The second kappa shape index (κ2) is 18.9. The number of hydrogen-bond acceptors (Lipinski definition) is 6. The van der Waals surface area contributed by atoms with Crippen LogP contribution in [0.25, 0.3) is 10.1 Å². The predicted molar refractivity (Wildman–Crippen MR) is 178 cm³/mol. The van der Waals surface area contributed by atoms with Crippen LogP contribution in [0.4, 0.5) is 0 Å². The summed E-state index contributed by atoms with van der Waals surface area (Å²) < 4.78 is 34.5. The molecule has 1 aliphatic heterocycles. The molecule has 1 fully saturated rings. The van der Waals surface area contributed by atoms with Gasteiger partial charge in [-0.15, -0.1) is 11.3 Å². The molecule has 2 aromatic carbocycles. The molecule has 0 saturated carbocycles. The Morgan fingerprint density at radius 2 is 1.33 bits per heavy atom. The SMILES string of the molecule is CCCCOCC1OC(c2cccc(Cc3cc4ccccc4s3)c2)[C@H](OCCCC)C(OCCCC)[C@@H]1OCCCC. The molecule has 6 heteroatoms. The van der Waals surface area contributed by atoms with Gasteiger partial charge in [0.05, 0.1) is 6.61 Å². The maximum atomic E-state index is 6.98. The van der Waals surface area contributed by atoms with Crippen LogP contribution in [0, 0.1) is 0 Å². The zero-order chi connectivity index (χ0) is 30.3. The van der Waals surface area contributed by atoms with E-state index in [-0.39, 0.29) is 30.5 Å². The molecular weight excluding hydrogens is 556 g/mol. The quantitative estimate of drug-likeness (QED) is 0.119. The summed E-state index contributed by atoms with van der Waals surface area (Å²) in [6.45, 7) is 12.0. The summed E-state index contributed by atoms with van der Waals surface area (Å²) >= 11 is 1.87. The number of hydrogen-bond donors (Lipinski definition) is 0. The molecule has 0 spiro atoms. The van der Waals surface area contributed by atoms with Crippen LogP contribution in [-0.2, 0) is 30.1 Å². The normalized spacial score (nSPS) is 22.4. The fourth-order valence-electron chi connectivity index (χ4n) is 5.63. The van der Waals surface area contributed by atoms with Crippen LogP contribution in [0.2, 0.25) is 0 Å². The number of benzene rings is 2. The number of fused-ring (bicyclic) bond motifs is 1. The van der Waals surface area contributed by atoms with Crippen molar-refractivity contribution in [1.29, 1.82) is 0 Å². The predicted octanol–water partition coefficient (Wildman–Crippen LogP) is 9.30. The second-order valence-electron chi connectivity index (χ2n) is 11.8. The first kappa shape index (κ1) is 34.1. The molecule has 1 aliphatic rings. The highest BCUT2D eigenvalue weighted by molar-refractivity contribution is 7.19. The number of rotatable bonds is 20. The van der Waals surface area contributed by atoms with Crippen molar-refractivity contribution in [3.8, 4) is 0 Å². The van der Waals surface area contributed by atoms with E-state index in [1.54, 1.807) is 0 Å². The lowest BCUT2D eigenvalue weighted by atomic mass is 9.89. The highest BCUT2D eigenvalue weighted by Gasteiger charge is 2.48. The summed E-state index contributed by atoms with van der Waals surface area (Å²) in [4.78, 5) is 1.37. The van der Waals surface area contributed by atoms with E-state index in [9.17, 15) is 0 Å². The Bertz CT molecular complexity index is 1150. The lowest BCUT2D eigenvalue weighted by molar-refractivity contribution is -0.268. The Kier molecular flexibility index (Phi) is 15.0. The molecule has 3 aromatic rings. The van der Waals surface area contributed by atoms with Crippen LogP contribution < -0.4 is 0 Å². The third kappa shape index (κ3) is 10.1. The van der Waals surface area contributed by atoms with E-state index in [4.69, 9.17) is 23.7 Å². The molecule has 5 atom stereocenters. The molecule has 0 N–H and O–H groups in total. The monoisotopic (exact) mass is 610 g/mol. The molecule has 238 valence electrons. The second-order valence-corrected chi connectivity index (χ2v) is 12.9. The fraction of sp³-hybridized carbons (Fsp3) is 0.622. The van der Waals surface area contributed by atoms with Gasteiger partial charge in [-0.1, -0.05) is 95.8 Å². The van der Waals surface area contributed by atoms with Gasteiger partial charge in [-0.25, -0.2) is 0 Å². The van der Waals surface area contributed by atoms with Gasteiger partial charge in [0.1, 0.15) is 30.5 Å². The zero-order valence-corrected chi connectivity index (χ0v) is 27.7. The zero-order valence-electron chi connectivity index (χ0n) is 26.9. The Labute approximate surface area is 264 Å². The van der Waals surface area contributed by atoms with Crippen molar-refractivity contribution in [3.63, 3.8) is 0 Å². The summed E-state index contributed by atoms with van der Waals surface area (Å²) in [5.74, 6) is 0. The van der Waals surface area contributed by atoms with E-state index in [0.29, 0.717) is 26.4 Å². The van der Waals surface area contributed by atoms with Crippen molar-refractivity contribution < 1.29 is 23.7 Å². The van der Waals surface area contributed by atoms with E-state index in [1.165, 1.54) is 20.5 Å². The van der Waals surface area contributed by atoms with Crippen LogP contribution in [0.15, 0.2) is 54.6 Å². The minimum Gasteiger partial charge on any atom is -0.379 e. The van der Waals surface area contributed by atoms with Gasteiger partial charge in [0.15, 0.2) is 0 Å². The van der Waals surface area contributed by atoms with Crippen LogP contribution >= 0.6 is 11.3 Å². The average molecular weight is 611 g/mol. The maximum absolute atomic E-state index is 6.98. The van der Waals surface area contributed by atoms with Gasteiger partial charge < -0.3 is 23.7 Å². The van der Waals surface area contributed by atoms with Crippen LogP contribution in [-0.4, -0.2) is 57.5 Å². The van der Waals surface area contributed by atoms with E-state index >= 15 is 0 Å². The standard InChI is InChI=1S/C37H54O5S/c1-5-9-20-38-27-32-35(39-21-10-6-2)37(41-23-12-8-4)36(40-22-11-7-3)34(42-32)30-18-15-16-28(24-30)25-31-26-29-17-13-14-19-33(29)43-31/h13-19,24,26,32,34-37H,5-12,20-23,25,27H2,1-4H3/t32?,34?,35-,36+,37?/m1/s1. The summed E-state index contributed by atoms with van der Waals surface area (Å²) in [6, 6.07) is 19.8. The Morgan fingerprint density at radius 3 is 2.02 bits per heavy atom. The van der Waals surface area contributed by atoms with Crippen molar-refractivity contribution in [2.75, 3.05) is 33.0 Å². The van der Waals surface area contributed by atoms with Gasteiger partial charge in [-0.3, -0.25) is 0 Å². The molecule has 0 amide bonds. The molecule has 1 saturated heterocycles. The Morgan fingerprint density at radius 1 is 0.674 bits per heavy atom. The van der Waals surface area contributed by atoms with Gasteiger partial charge in [0.25, 0.3) is 0 Å². The Balaban J connectivity index is 1.64. The first-order valence-corrected chi connectivity index (χ1v) is 17.6. The van der Waals surface area contributed by atoms with Crippen molar-refractivity contribution in [1.82, 2.24) is 0 Å². The van der Waals surface area contributed by atoms with Gasteiger partial charge >= 0.3 is 0 Å². The number of thiophene rings is 1. The van der Waals surface area contributed by atoms with Crippen LogP contribution in [0.5, 0.6) is 0 Å². The largest absolute Gasteiger partial charge is 0.379 e. The summed E-state index contributed by atoms with van der Waals surface area (Å²) in [5, 5.41) is 1.31. The summed E-state index contributed by atoms with van der Waals surface area (Å²) in [5.41, 5.74) is 2.41. The van der Waals surface area contributed by atoms with Crippen LogP contribution in [0.3, 0.4) is 0 Å². The van der Waals surface area contributed by atoms with Crippen molar-refractivity contribution in [2.45, 2.75) is 116 Å². The van der Waals surface area contributed by atoms with E-state index in [2.05, 4.69) is 82.3 Å². The van der Waals surface area contributed by atoms with Gasteiger partial charge in [0, 0.05) is 42.4 Å². The van der Waals surface area contributed by atoms with E-state index < -0.39 is 0 Å². The topological polar surface area (TPSA) is 46.2 Å². The highest BCUT2D eigenvalue weighted by atomic mass is 32.1. The minimum atomic E-state index is -0.267. The molecule has 43 heavy (non-hydrogen) atoms. The molecular formula is C37H54O5S. The molecule has 1 aromatic heterocycles. The van der Waals surface area contributed by atoms with E-state index in [1.807, 2.05) is 11.3 Å². The molecule has 0 bridgehead atoms. The molecule has 2 heterocycles. The maximum Gasteiger partial charge on any atom is 0.117 e. The highest BCUT2D eigenvalue weighted by Crippen LogP contribution is 2.38. The lowest BCUT2D eigenvalue weighted by Crippen LogP contribution is -2.58. The van der Waals surface area contributed by atoms with Crippen molar-refractivity contribution in [2.24, 2.45) is 0 Å². The van der Waals surface area contributed by atoms with Crippen LogP contribution in [0.1, 0.15) is 101 Å². The number of unbranched alkanes of at least 4 members (excludes halogenated alkanes) is 4. The fourth-order valence-corrected chi connectivity index (χ4v) is 6.73. The molecule has 0 radical (unpaired) electrons.